The smallest absolute Gasteiger partial charge is 0.232 e. The van der Waals surface area contributed by atoms with Gasteiger partial charge in [-0.15, -0.1) is 0 Å². The summed E-state index contributed by atoms with van der Waals surface area (Å²) in [5, 5.41) is 12.4. The second-order valence-electron chi connectivity index (χ2n) is 8.63. The largest absolute Gasteiger partial charge is 0.356 e. The van der Waals surface area contributed by atoms with Crippen molar-refractivity contribution in [3.8, 4) is 0 Å². The van der Waals surface area contributed by atoms with Gasteiger partial charge in [0.2, 0.25) is 5.95 Å². The molecule has 0 saturated carbocycles. The first-order valence-corrected chi connectivity index (χ1v) is 11.4. The highest BCUT2D eigenvalue weighted by molar-refractivity contribution is 5.81. The van der Waals surface area contributed by atoms with Gasteiger partial charge >= 0.3 is 0 Å². The maximum absolute atomic E-state index is 4.88. The van der Waals surface area contributed by atoms with E-state index in [2.05, 4.69) is 50.4 Å². The fraction of sp³-hybridized carbons (Fsp3) is 0.545. The monoisotopic (exact) mass is 421 g/mol. The highest BCUT2D eigenvalue weighted by Crippen LogP contribution is 2.27. The first kappa shape index (κ1) is 20.0. The van der Waals surface area contributed by atoms with E-state index in [0.29, 0.717) is 5.95 Å². The molecule has 0 spiro atoms. The van der Waals surface area contributed by atoms with Crippen LogP contribution in [-0.2, 0) is 0 Å². The second-order valence-corrected chi connectivity index (χ2v) is 8.63. The SMILES string of the molecule is CC(C)n1ncc2cnc(Nc3nc(N4CCCC4)cc(N4CCCNCC4)n3)cc21. The van der Waals surface area contributed by atoms with E-state index in [1.54, 1.807) is 0 Å². The Morgan fingerprint density at radius 3 is 2.42 bits per heavy atom. The van der Waals surface area contributed by atoms with E-state index in [9.17, 15) is 0 Å². The van der Waals surface area contributed by atoms with Crippen LogP contribution < -0.4 is 20.4 Å². The molecule has 2 fully saturated rings. The second kappa shape index (κ2) is 8.66. The molecule has 2 N–H and O–H groups in total. The van der Waals surface area contributed by atoms with E-state index in [-0.39, 0.29) is 6.04 Å². The highest BCUT2D eigenvalue weighted by atomic mass is 15.3. The van der Waals surface area contributed by atoms with E-state index in [0.717, 1.165) is 74.0 Å². The first-order chi connectivity index (χ1) is 15.2. The van der Waals surface area contributed by atoms with Gasteiger partial charge in [0.1, 0.15) is 17.5 Å². The molecule has 0 aromatic carbocycles. The lowest BCUT2D eigenvalue weighted by Crippen LogP contribution is -2.29. The van der Waals surface area contributed by atoms with Gasteiger partial charge in [-0.3, -0.25) is 4.68 Å². The number of hydrogen-bond donors (Lipinski definition) is 2. The summed E-state index contributed by atoms with van der Waals surface area (Å²) in [6, 6.07) is 4.46. The van der Waals surface area contributed by atoms with Crippen LogP contribution in [-0.4, -0.2) is 64.0 Å². The molecule has 9 heteroatoms. The van der Waals surface area contributed by atoms with E-state index in [1.165, 1.54) is 12.8 Å². The van der Waals surface area contributed by atoms with Crippen molar-refractivity contribution >= 4 is 34.3 Å². The molecule has 0 radical (unpaired) electrons. The fourth-order valence-corrected chi connectivity index (χ4v) is 4.36. The normalized spacial score (nSPS) is 17.5. The van der Waals surface area contributed by atoms with Crippen molar-refractivity contribution in [2.24, 2.45) is 0 Å². The van der Waals surface area contributed by atoms with Crippen molar-refractivity contribution in [1.82, 2.24) is 30.0 Å². The summed E-state index contributed by atoms with van der Waals surface area (Å²) in [7, 11) is 0. The molecule has 5 rings (SSSR count). The molecule has 31 heavy (non-hydrogen) atoms. The Morgan fingerprint density at radius 2 is 1.65 bits per heavy atom. The molecular formula is C22H31N9. The molecule has 2 saturated heterocycles. The topological polar surface area (TPSA) is 87.0 Å². The Balaban J connectivity index is 1.48. The van der Waals surface area contributed by atoms with Crippen LogP contribution in [0.25, 0.3) is 10.9 Å². The third-order valence-electron chi connectivity index (χ3n) is 6.00. The van der Waals surface area contributed by atoms with Crippen molar-refractivity contribution in [2.75, 3.05) is 54.4 Å². The summed E-state index contributed by atoms with van der Waals surface area (Å²) >= 11 is 0. The van der Waals surface area contributed by atoms with Gasteiger partial charge in [-0.25, -0.2) is 4.98 Å². The Labute approximate surface area is 182 Å². The summed E-state index contributed by atoms with van der Waals surface area (Å²) in [5.74, 6) is 3.31. The van der Waals surface area contributed by atoms with Crippen LogP contribution in [0, 0.1) is 0 Å². The molecule has 0 bridgehead atoms. The lowest BCUT2D eigenvalue weighted by Gasteiger charge is -2.24. The maximum Gasteiger partial charge on any atom is 0.232 e. The van der Waals surface area contributed by atoms with Crippen LogP contribution in [0.1, 0.15) is 39.2 Å². The van der Waals surface area contributed by atoms with Crippen molar-refractivity contribution in [2.45, 2.75) is 39.2 Å². The summed E-state index contributed by atoms with van der Waals surface area (Å²) in [6.07, 6.45) is 7.26. The summed E-state index contributed by atoms with van der Waals surface area (Å²) in [5.41, 5.74) is 1.06. The van der Waals surface area contributed by atoms with Gasteiger partial charge in [0.25, 0.3) is 0 Å². The van der Waals surface area contributed by atoms with Gasteiger partial charge in [0.05, 0.1) is 11.7 Å². The minimum Gasteiger partial charge on any atom is -0.356 e. The van der Waals surface area contributed by atoms with Crippen molar-refractivity contribution in [3.63, 3.8) is 0 Å². The van der Waals surface area contributed by atoms with Gasteiger partial charge in [0, 0.05) is 62.5 Å². The molecule has 0 aliphatic carbocycles. The van der Waals surface area contributed by atoms with Gasteiger partial charge < -0.3 is 20.4 Å². The number of pyridine rings is 1. The van der Waals surface area contributed by atoms with Crippen LogP contribution in [0.15, 0.2) is 24.5 Å². The van der Waals surface area contributed by atoms with Crippen LogP contribution in [0.4, 0.5) is 23.4 Å². The maximum atomic E-state index is 4.88. The standard InChI is InChI=1S/C22H31N9/c1-16(2)31-18-12-19(24-14-17(18)15-25-31)26-22-27-20(29-8-3-4-9-29)13-21(28-22)30-10-5-6-23-7-11-30/h12-16,23H,3-11H2,1-2H3,(H,24,26,27,28). The van der Waals surface area contributed by atoms with E-state index < -0.39 is 0 Å². The number of hydrogen-bond acceptors (Lipinski definition) is 8. The van der Waals surface area contributed by atoms with E-state index in [4.69, 9.17) is 9.97 Å². The molecule has 0 unspecified atom stereocenters. The molecule has 2 aliphatic rings. The fourth-order valence-electron chi connectivity index (χ4n) is 4.36. The first-order valence-electron chi connectivity index (χ1n) is 11.4. The van der Waals surface area contributed by atoms with Gasteiger partial charge in [-0.1, -0.05) is 0 Å². The summed E-state index contributed by atoms with van der Waals surface area (Å²) in [4.78, 5) is 19.0. The van der Waals surface area contributed by atoms with Crippen LogP contribution in [0.5, 0.6) is 0 Å². The Kier molecular flexibility index (Phi) is 5.59. The molecule has 5 heterocycles. The zero-order chi connectivity index (χ0) is 21.2. The van der Waals surface area contributed by atoms with Gasteiger partial charge in [0.15, 0.2) is 0 Å². The average Bonchev–Trinajstić information content (AvgIpc) is 3.37. The van der Waals surface area contributed by atoms with Crippen molar-refractivity contribution in [1.29, 1.82) is 0 Å². The number of nitrogens with one attached hydrogen (secondary N) is 2. The number of nitrogens with zero attached hydrogens (tertiary/aromatic N) is 7. The highest BCUT2D eigenvalue weighted by Gasteiger charge is 2.19. The summed E-state index contributed by atoms with van der Waals surface area (Å²) in [6.45, 7) is 10.3. The van der Waals surface area contributed by atoms with Gasteiger partial charge in [-0.2, -0.15) is 15.1 Å². The van der Waals surface area contributed by atoms with E-state index >= 15 is 0 Å². The van der Waals surface area contributed by atoms with Gasteiger partial charge in [-0.05, 0) is 39.7 Å². The van der Waals surface area contributed by atoms with Crippen LogP contribution in [0.3, 0.4) is 0 Å². The lowest BCUT2D eigenvalue weighted by molar-refractivity contribution is 0.551. The summed E-state index contributed by atoms with van der Waals surface area (Å²) < 4.78 is 2.01. The van der Waals surface area contributed by atoms with Crippen molar-refractivity contribution in [3.05, 3.63) is 24.5 Å². The van der Waals surface area contributed by atoms with Crippen LogP contribution in [0.2, 0.25) is 0 Å². The predicted octanol–water partition coefficient (Wildman–Crippen LogP) is 2.95. The molecule has 0 atom stereocenters. The molecular weight excluding hydrogens is 390 g/mol. The zero-order valence-corrected chi connectivity index (χ0v) is 18.4. The number of anilines is 4. The number of fused-ring (bicyclic) bond motifs is 1. The average molecular weight is 422 g/mol. The molecule has 3 aromatic heterocycles. The quantitative estimate of drug-likeness (QED) is 0.650. The molecule has 9 nitrogen and oxygen atoms in total. The minimum atomic E-state index is 0.283. The third kappa shape index (κ3) is 4.27. The Hall–Kier alpha value is -2.94. The molecule has 3 aromatic rings. The zero-order valence-electron chi connectivity index (χ0n) is 18.4. The molecule has 0 amide bonds. The predicted molar refractivity (Wildman–Crippen MR) is 124 cm³/mol. The minimum absolute atomic E-state index is 0.283. The van der Waals surface area contributed by atoms with Crippen LogP contribution >= 0.6 is 0 Å². The third-order valence-corrected chi connectivity index (χ3v) is 6.00. The number of rotatable bonds is 5. The number of aromatic nitrogens is 5. The Bertz CT molecular complexity index is 1030. The van der Waals surface area contributed by atoms with E-state index in [1.807, 2.05) is 23.1 Å². The lowest BCUT2D eigenvalue weighted by atomic mass is 10.3. The van der Waals surface area contributed by atoms with Crippen molar-refractivity contribution < 1.29 is 0 Å². The molecule has 2 aliphatic heterocycles. The molecule has 164 valence electrons. The Morgan fingerprint density at radius 1 is 0.903 bits per heavy atom.